The molecule has 22 heavy (non-hydrogen) atoms. The van der Waals surface area contributed by atoms with Crippen LogP contribution in [0.5, 0.6) is 0 Å². The van der Waals surface area contributed by atoms with Crippen molar-refractivity contribution in [1.29, 1.82) is 0 Å². The third-order valence-corrected chi connectivity index (χ3v) is 3.79. The van der Waals surface area contributed by atoms with Crippen molar-refractivity contribution in [2.75, 3.05) is 0 Å². The minimum Gasteiger partial charge on any atom is -0.0683 e. The number of aryl methyl sites for hydroxylation is 2. The second-order valence-electron chi connectivity index (χ2n) is 5.13. The summed E-state index contributed by atoms with van der Waals surface area (Å²) in [5, 5.41) is -0.664. The molecule has 5 radical (unpaired) electrons. The summed E-state index contributed by atoms with van der Waals surface area (Å²) in [6.45, 7) is 12.1. The van der Waals surface area contributed by atoms with Crippen molar-refractivity contribution in [1.82, 2.24) is 0 Å². The molecule has 109 valence electrons. The molecule has 0 nitrogen and oxygen atoms in total. The van der Waals surface area contributed by atoms with Crippen LogP contribution in [0.1, 0.15) is 49.9 Å². The van der Waals surface area contributed by atoms with E-state index >= 15 is 0 Å². The van der Waals surface area contributed by atoms with Crippen LogP contribution in [0.2, 0.25) is 0 Å². The molecule has 0 amide bonds. The normalized spacial score (nSPS) is 12.8. The first-order valence-corrected chi connectivity index (χ1v) is 8.14. The lowest BCUT2D eigenvalue weighted by Crippen LogP contribution is -2.33. The maximum atomic E-state index is 6.54. The summed E-state index contributed by atoms with van der Waals surface area (Å²) < 4.78 is 0. The molecule has 2 aromatic rings. The van der Waals surface area contributed by atoms with E-state index in [1.165, 1.54) is 22.3 Å². The fourth-order valence-electron chi connectivity index (χ4n) is 2.80. The van der Waals surface area contributed by atoms with Crippen LogP contribution >= 0.6 is 0 Å². The van der Waals surface area contributed by atoms with Crippen molar-refractivity contribution in [3.05, 3.63) is 58.7 Å². The van der Waals surface area contributed by atoms with Crippen LogP contribution in [-0.4, -0.2) is 22.8 Å². The summed E-state index contributed by atoms with van der Waals surface area (Å²) in [6, 6.07) is 12.8. The Morgan fingerprint density at radius 3 is 1.45 bits per heavy atom. The van der Waals surface area contributed by atoms with Crippen LogP contribution < -0.4 is 0 Å². The molecular weight excluding hydrogens is 261 g/mol. The van der Waals surface area contributed by atoms with Gasteiger partial charge in [0.25, 0.3) is 0 Å². The molecule has 3 rings (SSSR count). The molecule has 1 aliphatic rings. The monoisotopic (exact) mass is 285 g/mol. The molecule has 0 unspecified atom stereocenters. The molecule has 2 aromatic carbocycles. The van der Waals surface area contributed by atoms with Crippen LogP contribution in [-0.2, 0) is 5.21 Å². The van der Waals surface area contributed by atoms with Gasteiger partial charge in [-0.1, -0.05) is 80.4 Å². The number of rotatable bonds is 1. The van der Waals surface area contributed by atoms with Crippen molar-refractivity contribution in [3.63, 3.8) is 0 Å². The molecule has 3 heteroatoms. The Hall–Kier alpha value is -1.37. The third-order valence-electron chi connectivity index (χ3n) is 3.79. The molecule has 0 spiro atoms. The van der Waals surface area contributed by atoms with Crippen molar-refractivity contribution in [2.24, 2.45) is 0 Å². The second kappa shape index (κ2) is 7.76. The molecule has 0 heterocycles. The van der Waals surface area contributed by atoms with Crippen molar-refractivity contribution in [2.45, 2.75) is 46.8 Å². The standard InChI is InChI=1S/C15H12B3.2C2H6/c1-9-3-5-11-12-6-4-10(2)8-14(12)15(16,18-17)13(11)7-9;2*1-2/h3-8H,1-2H3;2*1-2H3. The van der Waals surface area contributed by atoms with E-state index in [9.17, 15) is 0 Å². The fourth-order valence-corrected chi connectivity index (χ4v) is 2.80. The zero-order valence-corrected chi connectivity index (χ0v) is 14.7. The lowest BCUT2D eigenvalue weighted by Gasteiger charge is -2.27. The molecule has 0 N–H and O–H groups in total. The van der Waals surface area contributed by atoms with Gasteiger partial charge in [-0.2, -0.15) is 0 Å². The number of hydrogen-bond donors (Lipinski definition) is 0. The summed E-state index contributed by atoms with van der Waals surface area (Å²) in [6.07, 6.45) is 0. The minimum atomic E-state index is -0.664. The van der Waals surface area contributed by atoms with Gasteiger partial charge in [-0.15, -0.1) is 0 Å². The Morgan fingerprint density at radius 1 is 0.773 bits per heavy atom. The predicted molar refractivity (Wildman–Crippen MR) is 102 cm³/mol. The topological polar surface area (TPSA) is 0 Å². The highest BCUT2D eigenvalue weighted by Gasteiger charge is 2.36. The maximum Gasteiger partial charge on any atom is 0.0745 e. The Labute approximate surface area is 139 Å². The zero-order valence-electron chi connectivity index (χ0n) is 14.7. The van der Waals surface area contributed by atoms with Crippen LogP contribution in [0.4, 0.5) is 0 Å². The molecule has 0 bridgehead atoms. The molecular formula is C19H24B3. The van der Waals surface area contributed by atoms with Gasteiger partial charge < -0.3 is 0 Å². The molecule has 0 aliphatic heterocycles. The first kappa shape index (κ1) is 18.7. The fraction of sp³-hybridized carbons (Fsp3) is 0.368. The number of fused-ring (bicyclic) bond motifs is 3. The predicted octanol–water partition coefficient (Wildman–Crippen LogP) is 4.49. The molecule has 0 fully saturated rings. The van der Waals surface area contributed by atoms with E-state index in [1.807, 2.05) is 27.7 Å². The molecule has 0 aromatic heterocycles. The van der Waals surface area contributed by atoms with Crippen LogP contribution in [0, 0.1) is 13.8 Å². The zero-order chi connectivity index (χ0) is 16.9. The molecule has 1 aliphatic carbocycles. The van der Waals surface area contributed by atoms with Gasteiger partial charge in [-0.25, -0.2) is 0 Å². The lowest BCUT2D eigenvalue weighted by atomic mass is 9.30. The Balaban J connectivity index is 0.000000561. The summed E-state index contributed by atoms with van der Waals surface area (Å²) >= 11 is 0. The van der Waals surface area contributed by atoms with Crippen LogP contribution in [0.15, 0.2) is 36.4 Å². The quantitative estimate of drug-likeness (QED) is 0.677. The Kier molecular flexibility index (Phi) is 6.59. The van der Waals surface area contributed by atoms with Gasteiger partial charge in [0.1, 0.15) is 0 Å². The number of benzene rings is 2. The van der Waals surface area contributed by atoms with Gasteiger partial charge in [0, 0.05) is 7.74 Å². The van der Waals surface area contributed by atoms with Crippen molar-refractivity contribution in [3.8, 4) is 11.1 Å². The van der Waals surface area contributed by atoms with Crippen LogP contribution in [0.3, 0.4) is 0 Å². The molecule has 0 atom stereocenters. The summed E-state index contributed by atoms with van der Waals surface area (Å²) in [5.74, 6) is 0. The van der Waals surface area contributed by atoms with Gasteiger partial charge in [0.15, 0.2) is 0 Å². The Bertz CT molecular complexity index is 581. The van der Waals surface area contributed by atoms with E-state index in [4.69, 9.17) is 15.6 Å². The largest absolute Gasteiger partial charge is 0.0745 e. The van der Waals surface area contributed by atoms with Gasteiger partial charge in [0.05, 0.1) is 15.0 Å². The van der Waals surface area contributed by atoms with Crippen molar-refractivity contribution < 1.29 is 0 Å². The summed E-state index contributed by atoms with van der Waals surface area (Å²) in [7, 11) is 14.0. The number of hydrogen-bond acceptors (Lipinski definition) is 0. The molecule has 0 saturated carbocycles. The van der Waals surface area contributed by atoms with Gasteiger partial charge >= 0.3 is 0 Å². The summed E-state index contributed by atoms with van der Waals surface area (Å²) in [4.78, 5) is 0. The van der Waals surface area contributed by atoms with Crippen LogP contribution in [0.25, 0.3) is 11.1 Å². The van der Waals surface area contributed by atoms with E-state index in [0.29, 0.717) is 0 Å². The SMILES string of the molecule is CC.CC.[B][B]C1([B])c2cc(C)ccc2-c2ccc(C)cc21. The highest BCUT2D eigenvalue weighted by atomic mass is 14.3. The lowest BCUT2D eigenvalue weighted by molar-refractivity contribution is 1.07. The molecule has 0 saturated heterocycles. The Morgan fingerprint density at radius 2 is 1.14 bits per heavy atom. The smallest absolute Gasteiger partial charge is 0.0683 e. The van der Waals surface area contributed by atoms with Gasteiger partial charge in [-0.05, 0) is 36.1 Å². The maximum absolute atomic E-state index is 6.54. The third kappa shape index (κ3) is 3.04. The van der Waals surface area contributed by atoms with E-state index in [1.54, 1.807) is 7.17 Å². The van der Waals surface area contributed by atoms with E-state index in [0.717, 1.165) is 11.1 Å². The van der Waals surface area contributed by atoms with E-state index < -0.39 is 5.21 Å². The highest BCUT2D eigenvalue weighted by molar-refractivity contribution is 6.95. The van der Waals surface area contributed by atoms with E-state index in [-0.39, 0.29) is 0 Å². The first-order valence-electron chi connectivity index (χ1n) is 8.14. The van der Waals surface area contributed by atoms with E-state index in [2.05, 4.69) is 50.2 Å². The van der Waals surface area contributed by atoms with Crippen molar-refractivity contribution >= 4 is 22.8 Å². The van der Waals surface area contributed by atoms with Gasteiger partial charge in [0.2, 0.25) is 0 Å². The second-order valence-corrected chi connectivity index (χ2v) is 5.13. The average Bonchev–Trinajstić information content (AvgIpc) is 2.80. The summed E-state index contributed by atoms with van der Waals surface area (Å²) in [5.41, 5.74) is 7.00. The highest BCUT2D eigenvalue weighted by Crippen LogP contribution is 2.46. The average molecular weight is 285 g/mol. The first-order chi connectivity index (χ1) is 10.6. The minimum absolute atomic E-state index is 0.664. The van der Waals surface area contributed by atoms with Gasteiger partial charge in [-0.3, -0.25) is 0 Å².